The van der Waals surface area contributed by atoms with Crippen LogP contribution in [0.1, 0.15) is 43.2 Å². The Balaban J connectivity index is 2.08. The Kier molecular flexibility index (Phi) is 3.99. The number of aryl methyl sites for hydroxylation is 1. The van der Waals surface area contributed by atoms with Crippen LogP contribution in [0, 0.1) is 24.2 Å². The molecule has 94 valence electrons. The number of rotatable bonds is 2. The molecule has 0 bridgehead atoms. The molecule has 1 aliphatic carbocycles. The third-order valence-corrected chi connectivity index (χ3v) is 3.60. The highest BCUT2D eigenvalue weighted by atomic mass is 16.1. The van der Waals surface area contributed by atoms with E-state index in [1.807, 2.05) is 13.0 Å². The average Bonchev–Trinajstić information content (AvgIpc) is 2.42. The van der Waals surface area contributed by atoms with E-state index in [4.69, 9.17) is 5.26 Å². The quantitative estimate of drug-likeness (QED) is 0.864. The fourth-order valence-electron chi connectivity index (χ4n) is 2.43. The molecule has 0 unspecified atom stereocenters. The number of hydrogen-bond donors (Lipinski definition) is 1. The van der Waals surface area contributed by atoms with Gasteiger partial charge in [-0.1, -0.05) is 25.3 Å². The molecule has 0 aliphatic heterocycles. The van der Waals surface area contributed by atoms with Crippen LogP contribution < -0.4 is 5.32 Å². The van der Waals surface area contributed by atoms with Crippen LogP contribution in [0.15, 0.2) is 18.2 Å². The lowest BCUT2D eigenvalue weighted by Crippen LogP contribution is -2.25. The molecule has 0 radical (unpaired) electrons. The van der Waals surface area contributed by atoms with E-state index in [-0.39, 0.29) is 11.8 Å². The minimum absolute atomic E-state index is 0.105. The van der Waals surface area contributed by atoms with E-state index in [2.05, 4.69) is 11.4 Å². The molecule has 1 fully saturated rings. The van der Waals surface area contributed by atoms with Gasteiger partial charge in [-0.3, -0.25) is 4.79 Å². The van der Waals surface area contributed by atoms with Gasteiger partial charge < -0.3 is 5.32 Å². The Hall–Kier alpha value is -1.82. The second kappa shape index (κ2) is 5.68. The highest BCUT2D eigenvalue weighted by Crippen LogP contribution is 2.25. The summed E-state index contributed by atoms with van der Waals surface area (Å²) in [4.78, 5) is 12.1. The maximum atomic E-state index is 12.1. The smallest absolute Gasteiger partial charge is 0.227 e. The number of nitrogens with one attached hydrogen (secondary N) is 1. The van der Waals surface area contributed by atoms with Crippen LogP contribution in [0.3, 0.4) is 0 Å². The van der Waals surface area contributed by atoms with Crippen LogP contribution in [-0.4, -0.2) is 5.91 Å². The van der Waals surface area contributed by atoms with Crippen LogP contribution in [0.5, 0.6) is 0 Å². The standard InChI is InChI=1S/C15H18N2O/c1-11-7-8-12(10-16)9-14(11)17-15(18)13-5-3-2-4-6-13/h7-9,13H,2-6H2,1H3,(H,17,18). The first-order chi connectivity index (χ1) is 8.70. The van der Waals surface area contributed by atoms with Crippen molar-refractivity contribution in [3.63, 3.8) is 0 Å². The van der Waals surface area contributed by atoms with Gasteiger partial charge in [0.1, 0.15) is 0 Å². The lowest BCUT2D eigenvalue weighted by molar-refractivity contribution is -0.120. The fraction of sp³-hybridized carbons (Fsp3) is 0.467. The van der Waals surface area contributed by atoms with E-state index in [0.29, 0.717) is 5.56 Å². The second-order valence-corrected chi connectivity index (χ2v) is 4.97. The Morgan fingerprint density at radius 3 is 2.72 bits per heavy atom. The third kappa shape index (κ3) is 2.89. The summed E-state index contributed by atoms with van der Waals surface area (Å²) in [6.45, 7) is 1.94. The molecule has 3 heteroatoms. The molecule has 1 N–H and O–H groups in total. The van der Waals surface area contributed by atoms with Crippen molar-refractivity contribution in [1.29, 1.82) is 5.26 Å². The molecular weight excluding hydrogens is 224 g/mol. The van der Waals surface area contributed by atoms with Gasteiger partial charge in [-0.15, -0.1) is 0 Å². The summed E-state index contributed by atoms with van der Waals surface area (Å²) in [6.07, 6.45) is 5.52. The van der Waals surface area contributed by atoms with Gasteiger partial charge in [0.2, 0.25) is 5.91 Å². The summed E-state index contributed by atoms with van der Waals surface area (Å²) >= 11 is 0. The van der Waals surface area contributed by atoms with Crippen LogP contribution in [0.4, 0.5) is 5.69 Å². The van der Waals surface area contributed by atoms with Gasteiger partial charge in [-0.05, 0) is 37.5 Å². The highest BCUT2D eigenvalue weighted by molar-refractivity contribution is 5.93. The zero-order chi connectivity index (χ0) is 13.0. The predicted molar refractivity (Wildman–Crippen MR) is 71.1 cm³/mol. The monoisotopic (exact) mass is 242 g/mol. The summed E-state index contributed by atoms with van der Waals surface area (Å²) in [7, 11) is 0. The van der Waals surface area contributed by atoms with Crippen LogP contribution in [0.25, 0.3) is 0 Å². The van der Waals surface area contributed by atoms with Gasteiger partial charge in [0.15, 0.2) is 0 Å². The molecule has 0 saturated heterocycles. The number of amides is 1. The summed E-state index contributed by atoms with van der Waals surface area (Å²) in [6, 6.07) is 7.48. The fourth-order valence-corrected chi connectivity index (χ4v) is 2.43. The van der Waals surface area contributed by atoms with Gasteiger partial charge in [-0.25, -0.2) is 0 Å². The van der Waals surface area contributed by atoms with E-state index in [1.165, 1.54) is 6.42 Å². The van der Waals surface area contributed by atoms with Crippen molar-refractivity contribution in [2.75, 3.05) is 5.32 Å². The van der Waals surface area contributed by atoms with E-state index in [9.17, 15) is 4.79 Å². The van der Waals surface area contributed by atoms with E-state index < -0.39 is 0 Å². The molecule has 1 aliphatic rings. The summed E-state index contributed by atoms with van der Waals surface area (Å²) in [5.41, 5.74) is 2.35. The van der Waals surface area contributed by atoms with Crippen LogP contribution >= 0.6 is 0 Å². The summed E-state index contributed by atoms with van der Waals surface area (Å²) in [5, 5.41) is 11.8. The maximum absolute atomic E-state index is 12.1. The van der Waals surface area contributed by atoms with E-state index in [0.717, 1.165) is 36.9 Å². The molecule has 2 rings (SSSR count). The molecule has 3 nitrogen and oxygen atoms in total. The molecule has 1 aromatic carbocycles. The SMILES string of the molecule is Cc1ccc(C#N)cc1NC(=O)C1CCCCC1. The Morgan fingerprint density at radius 1 is 1.33 bits per heavy atom. The minimum atomic E-state index is 0.105. The molecule has 0 atom stereocenters. The maximum Gasteiger partial charge on any atom is 0.227 e. The Labute approximate surface area is 108 Å². The van der Waals surface area contributed by atoms with Crippen molar-refractivity contribution < 1.29 is 4.79 Å². The van der Waals surface area contributed by atoms with Crippen molar-refractivity contribution in [3.8, 4) is 6.07 Å². The first-order valence-electron chi connectivity index (χ1n) is 6.52. The molecule has 0 spiro atoms. The number of carbonyl (C=O) groups excluding carboxylic acids is 1. The molecule has 1 saturated carbocycles. The van der Waals surface area contributed by atoms with Crippen molar-refractivity contribution >= 4 is 11.6 Å². The van der Waals surface area contributed by atoms with Crippen molar-refractivity contribution in [2.24, 2.45) is 5.92 Å². The zero-order valence-corrected chi connectivity index (χ0v) is 10.7. The summed E-state index contributed by atoms with van der Waals surface area (Å²) in [5.74, 6) is 0.247. The molecule has 0 heterocycles. The van der Waals surface area contributed by atoms with Crippen molar-refractivity contribution in [2.45, 2.75) is 39.0 Å². The predicted octanol–water partition coefficient (Wildman–Crippen LogP) is 3.39. The van der Waals surface area contributed by atoms with Crippen LogP contribution in [-0.2, 0) is 4.79 Å². The molecule has 1 aromatic rings. The number of nitriles is 1. The number of nitrogens with zero attached hydrogens (tertiary/aromatic N) is 1. The number of carbonyl (C=O) groups is 1. The van der Waals surface area contributed by atoms with E-state index in [1.54, 1.807) is 12.1 Å². The summed E-state index contributed by atoms with van der Waals surface area (Å²) < 4.78 is 0. The third-order valence-electron chi connectivity index (χ3n) is 3.60. The number of benzene rings is 1. The topological polar surface area (TPSA) is 52.9 Å². The lowest BCUT2D eigenvalue weighted by Gasteiger charge is -2.21. The molecule has 18 heavy (non-hydrogen) atoms. The average molecular weight is 242 g/mol. The molecule has 0 aromatic heterocycles. The molecule has 1 amide bonds. The number of hydrogen-bond acceptors (Lipinski definition) is 2. The first-order valence-corrected chi connectivity index (χ1v) is 6.52. The Bertz CT molecular complexity index is 482. The normalized spacial score (nSPS) is 16.0. The Morgan fingerprint density at radius 2 is 2.06 bits per heavy atom. The van der Waals surface area contributed by atoms with Gasteiger partial charge >= 0.3 is 0 Å². The second-order valence-electron chi connectivity index (χ2n) is 4.97. The zero-order valence-electron chi connectivity index (χ0n) is 10.7. The largest absolute Gasteiger partial charge is 0.326 e. The van der Waals surface area contributed by atoms with Crippen molar-refractivity contribution in [1.82, 2.24) is 0 Å². The van der Waals surface area contributed by atoms with Gasteiger partial charge in [0.05, 0.1) is 11.6 Å². The van der Waals surface area contributed by atoms with Gasteiger partial charge in [0.25, 0.3) is 0 Å². The highest BCUT2D eigenvalue weighted by Gasteiger charge is 2.21. The van der Waals surface area contributed by atoms with Gasteiger partial charge in [-0.2, -0.15) is 5.26 Å². The minimum Gasteiger partial charge on any atom is -0.326 e. The van der Waals surface area contributed by atoms with Crippen molar-refractivity contribution in [3.05, 3.63) is 29.3 Å². The number of anilines is 1. The van der Waals surface area contributed by atoms with Gasteiger partial charge in [0, 0.05) is 11.6 Å². The van der Waals surface area contributed by atoms with E-state index >= 15 is 0 Å². The lowest BCUT2D eigenvalue weighted by atomic mass is 9.88. The first kappa shape index (κ1) is 12.6. The van der Waals surface area contributed by atoms with Crippen LogP contribution in [0.2, 0.25) is 0 Å². The molecular formula is C15H18N2O.